The topological polar surface area (TPSA) is 80.3 Å². The second-order valence-electron chi connectivity index (χ2n) is 17.4. The summed E-state index contributed by atoms with van der Waals surface area (Å²) in [5, 5.41) is 0. The summed E-state index contributed by atoms with van der Waals surface area (Å²) in [6, 6.07) is 30.7. The predicted octanol–water partition coefficient (Wildman–Crippen LogP) is 11.7. The fourth-order valence-electron chi connectivity index (χ4n) is 4.99. The van der Waals surface area contributed by atoms with E-state index in [1.165, 1.54) is 0 Å². The van der Waals surface area contributed by atoms with E-state index in [9.17, 15) is 9.59 Å². The van der Waals surface area contributed by atoms with E-state index in [4.69, 9.17) is 23.7 Å². The summed E-state index contributed by atoms with van der Waals surface area (Å²) in [7, 11) is -3.14. The Bertz CT molecular complexity index is 1890. The van der Waals surface area contributed by atoms with Crippen LogP contribution in [-0.4, -0.2) is 39.7 Å². The SMILES string of the molecule is CC(C)(C)OC(=O)Oc1ccc(C(OC(c2ccc(C#C[Si](C)(C)C)cc2)c2ccc(OC(=O)OC(C)(C)C)cc2)c2ccc(C#C[Si](C)(C)C)cc2)cc1. The number of rotatable bonds is 8. The van der Waals surface area contributed by atoms with Crippen molar-refractivity contribution in [2.45, 2.75) is 104 Å². The van der Waals surface area contributed by atoms with Gasteiger partial charge in [-0.05, 0) is 112 Å². The maximum atomic E-state index is 12.4. The highest BCUT2D eigenvalue weighted by Gasteiger charge is 2.25. The van der Waals surface area contributed by atoms with Gasteiger partial charge >= 0.3 is 12.3 Å². The average Bonchev–Trinajstić information content (AvgIpc) is 3.06. The molecule has 0 bridgehead atoms. The van der Waals surface area contributed by atoms with Gasteiger partial charge in [-0.3, -0.25) is 0 Å². The van der Waals surface area contributed by atoms with Gasteiger partial charge in [0, 0.05) is 11.1 Å². The minimum atomic E-state index is -1.57. The Kier molecular flexibility index (Phi) is 13.7. The molecule has 0 N–H and O–H groups in total. The molecule has 0 spiro atoms. The van der Waals surface area contributed by atoms with E-state index < -0.39 is 51.9 Å². The Hall–Kier alpha value is -5.07. The van der Waals surface area contributed by atoms with E-state index in [-0.39, 0.29) is 0 Å². The van der Waals surface area contributed by atoms with Crippen molar-refractivity contribution in [1.82, 2.24) is 0 Å². The molecular formula is C46H54O7Si2. The molecule has 0 aliphatic heterocycles. The van der Waals surface area contributed by atoms with Crippen LogP contribution >= 0.6 is 0 Å². The first-order valence-corrected chi connectivity index (χ1v) is 25.5. The molecule has 0 saturated carbocycles. The largest absolute Gasteiger partial charge is 0.514 e. The normalized spacial score (nSPS) is 12.9. The summed E-state index contributed by atoms with van der Waals surface area (Å²) in [5.41, 5.74) is 10.9. The molecule has 55 heavy (non-hydrogen) atoms. The van der Waals surface area contributed by atoms with Crippen LogP contribution in [0.1, 0.15) is 87.1 Å². The van der Waals surface area contributed by atoms with Crippen molar-refractivity contribution in [3.63, 3.8) is 0 Å². The van der Waals surface area contributed by atoms with E-state index in [1.807, 2.05) is 72.8 Å². The quantitative estimate of drug-likeness (QED) is 0.0763. The summed E-state index contributed by atoms with van der Waals surface area (Å²) >= 11 is 0. The molecule has 0 amide bonds. The van der Waals surface area contributed by atoms with Gasteiger partial charge < -0.3 is 23.7 Å². The summed E-state index contributed by atoms with van der Waals surface area (Å²) in [5.74, 6) is 7.37. The maximum Gasteiger partial charge on any atom is 0.514 e. The molecule has 0 heterocycles. The molecule has 4 rings (SSSR count). The Morgan fingerprint density at radius 1 is 0.473 bits per heavy atom. The van der Waals surface area contributed by atoms with Gasteiger partial charge in [-0.2, -0.15) is 0 Å². The molecule has 2 atom stereocenters. The van der Waals surface area contributed by atoms with Gasteiger partial charge in [0.1, 0.15) is 51.1 Å². The first-order chi connectivity index (χ1) is 25.5. The molecule has 7 nitrogen and oxygen atoms in total. The van der Waals surface area contributed by atoms with Gasteiger partial charge in [-0.25, -0.2) is 9.59 Å². The molecule has 0 aliphatic carbocycles. The van der Waals surface area contributed by atoms with Gasteiger partial charge in [0.05, 0.1) is 0 Å². The predicted molar refractivity (Wildman–Crippen MR) is 225 cm³/mol. The van der Waals surface area contributed by atoms with Crippen LogP contribution in [-0.2, 0) is 14.2 Å². The van der Waals surface area contributed by atoms with E-state index >= 15 is 0 Å². The Morgan fingerprint density at radius 2 is 0.745 bits per heavy atom. The summed E-state index contributed by atoms with van der Waals surface area (Å²) in [6.07, 6.45) is -2.66. The monoisotopic (exact) mass is 774 g/mol. The standard InChI is InChI=1S/C46H54O7Si2/c1-45(2,3)52-43(47)49-39-25-21-37(22-26-39)41(35-17-13-33(14-18-35)29-31-54(7,8)9)51-42(36-19-15-34(16-20-36)30-32-55(10,11)12)38-23-27-40(28-24-38)50-44(48)53-46(4,5)6/h13-28,41-42H,1-12H3. The molecule has 0 saturated heterocycles. The molecule has 0 radical (unpaired) electrons. The van der Waals surface area contributed by atoms with Crippen LogP contribution in [0.3, 0.4) is 0 Å². The number of hydrogen-bond donors (Lipinski definition) is 0. The molecule has 0 aromatic heterocycles. The zero-order chi connectivity index (χ0) is 40.6. The Morgan fingerprint density at radius 3 is 1.00 bits per heavy atom. The van der Waals surface area contributed by atoms with E-state index in [0.717, 1.165) is 33.4 Å². The maximum absolute atomic E-state index is 12.4. The molecule has 2 unspecified atom stereocenters. The van der Waals surface area contributed by atoms with Gasteiger partial charge in [-0.1, -0.05) is 99.7 Å². The lowest BCUT2D eigenvalue weighted by atomic mass is 9.96. The average molecular weight is 775 g/mol. The Balaban J connectivity index is 1.77. The Labute approximate surface area is 329 Å². The zero-order valence-electron chi connectivity index (χ0n) is 34.3. The summed E-state index contributed by atoms with van der Waals surface area (Å²) in [6.45, 7) is 24.0. The number of benzene rings is 4. The number of carbonyl (C=O) groups is 2. The first-order valence-electron chi connectivity index (χ1n) is 18.5. The van der Waals surface area contributed by atoms with Crippen molar-refractivity contribution < 1.29 is 33.3 Å². The molecule has 9 heteroatoms. The smallest absolute Gasteiger partial charge is 0.428 e. The van der Waals surface area contributed by atoms with E-state index in [1.54, 1.807) is 65.8 Å². The van der Waals surface area contributed by atoms with Crippen molar-refractivity contribution in [1.29, 1.82) is 0 Å². The van der Waals surface area contributed by atoms with E-state index in [2.05, 4.69) is 62.2 Å². The van der Waals surface area contributed by atoms with Crippen LogP contribution in [0, 0.1) is 22.9 Å². The fraction of sp³-hybridized carbons (Fsp3) is 0.348. The number of carbonyl (C=O) groups excluding carboxylic acids is 2. The first kappa shape index (κ1) is 42.7. The van der Waals surface area contributed by atoms with Gasteiger partial charge in [0.2, 0.25) is 0 Å². The van der Waals surface area contributed by atoms with Gasteiger partial charge in [-0.15, -0.1) is 11.1 Å². The third-order valence-corrected chi connectivity index (χ3v) is 9.16. The minimum absolute atomic E-state index is 0.348. The zero-order valence-corrected chi connectivity index (χ0v) is 36.3. The molecule has 4 aromatic rings. The highest BCUT2D eigenvalue weighted by atomic mass is 28.3. The van der Waals surface area contributed by atoms with Crippen LogP contribution in [0.5, 0.6) is 11.5 Å². The third-order valence-electron chi connectivity index (χ3n) is 7.41. The summed E-state index contributed by atoms with van der Waals surface area (Å²) < 4.78 is 28.8. The summed E-state index contributed by atoms with van der Waals surface area (Å²) in [4.78, 5) is 24.8. The lowest BCUT2D eigenvalue weighted by Crippen LogP contribution is -2.26. The molecule has 0 aliphatic rings. The lowest BCUT2D eigenvalue weighted by Gasteiger charge is -2.27. The van der Waals surface area contributed by atoms with Crippen LogP contribution in [0.15, 0.2) is 97.1 Å². The van der Waals surface area contributed by atoms with Crippen LogP contribution < -0.4 is 9.47 Å². The van der Waals surface area contributed by atoms with Crippen molar-refractivity contribution >= 4 is 28.5 Å². The third kappa shape index (κ3) is 14.9. The highest BCUT2D eigenvalue weighted by molar-refractivity contribution is 6.84. The highest BCUT2D eigenvalue weighted by Crippen LogP contribution is 2.37. The fourth-order valence-corrected chi connectivity index (χ4v) is 6.03. The molecular weight excluding hydrogens is 721 g/mol. The van der Waals surface area contributed by atoms with Crippen LogP contribution in [0.2, 0.25) is 39.3 Å². The van der Waals surface area contributed by atoms with Crippen LogP contribution in [0.4, 0.5) is 9.59 Å². The molecule has 288 valence electrons. The number of hydrogen-bond acceptors (Lipinski definition) is 7. The van der Waals surface area contributed by atoms with Gasteiger partial charge in [0.15, 0.2) is 0 Å². The van der Waals surface area contributed by atoms with Gasteiger partial charge in [0.25, 0.3) is 0 Å². The second kappa shape index (κ2) is 17.6. The second-order valence-corrected chi connectivity index (χ2v) is 26.9. The van der Waals surface area contributed by atoms with Crippen molar-refractivity contribution in [3.05, 3.63) is 130 Å². The van der Waals surface area contributed by atoms with E-state index in [0.29, 0.717) is 11.5 Å². The van der Waals surface area contributed by atoms with Crippen molar-refractivity contribution in [2.24, 2.45) is 0 Å². The molecule has 4 aromatic carbocycles. The lowest BCUT2D eigenvalue weighted by molar-refractivity contribution is 0.0193. The number of ether oxygens (including phenoxy) is 5. The minimum Gasteiger partial charge on any atom is -0.428 e. The van der Waals surface area contributed by atoms with Crippen molar-refractivity contribution in [2.75, 3.05) is 0 Å². The van der Waals surface area contributed by atoms with Crippen molar-refractivity contribution in [3.8, 4) is 34.4 Å². The van der Waals surface area contributed by atoms with Crippen LogP contribution in [0.25, 0.3) is 0 Å². The molecule has 0 fully saturated rings.